The Labute approximate surface area is 442 Å². The minimum atomic E-state index is -4.39. The third kappa shape index (κ3) is 18.0. The fourth-order valence-electron chi connectivity index (χ4n) is 7.75. The maximum Gasteiger partial charge on any atom is 0.395 e. The van der Waals surface area contributed by atoms with E-state index in [1.54, 1.807) is 26.2 Å². The summed E-state index contributed by atoms with van der Waals surface area (Å²) in [5.41, 5.74) is 16.1. The molecule has 8 N–H and O–H groups in total. The number of likely N-dealkylation sites (N-methyl/N-ethyl adjacent to an activating group) is 2. The fraction of sp³-hybridized carbons (Fsp3) is 0.500. The number of nitrogens with zero attached hydrogens (tertiary/aromatic N) is 4. The molecule has 4 aromatic rings. The summed E-state index contributed by atoms with van der Waals surface area (Å²) in [5.74, 6) is -6.59. The van der Waals surface area contributed by atoms with Gasteiger partial charge in [-0.3, -0.25) is 29.1 Å². The number of hydrogen-bond acceptors (Lipinski definition) is 11. The highest BCUT2D eigenvalue weighted by Crippen LogP contribution is 2.67. The number of halogens is 8. The molecule has 0 aliphatic heterocycles. The predicted octanol–water partition coefficient (Wildman–Crippen LogP) is 7.34. The van der Waals surface area contributed by atoms with E-state index in [0.29, 0.717) is 34.7 Å². The smallest absolute Gasteiger partial charge is 0.395 e. The normalized spacial score (nSPS) is 15.7. The van der Waals surface area contributed by atoms with E-state index in [1.807, 2.05) is 23.9 Å². The van der Waals surface area contributed by atoms with Crippen LogP contribution in [-0.2, 0) is 22.4 Å². The second-order valence-corrected chi connectivity index (χ2v) is 18.9. The van der Waals surface area contributed by atoms with Gasteiger partial charge in [0.2, 0.25) is 5.91 Å². The Balaban J connectivity index is 0.00000110. The van der Waals surface area contributed by atoms with E-state index in [2.05, 4.69) is 15.3 Å². The Morgan fingerprint density at radius 2 is 1.07 bits per heavy atom. The van der Waals surface area contributed by atoms with Gasteiger partial charge in [-0.1, -0.05) is 12.1 Å². The van der Waals surface area contributed by atoms with Gasteiger partial charge in [0.1, 0.15) is 11.6 Å². The van der Waals surface area contributed by atoms with Crippen LogP contribution < -0.4 is 22.5 Å². The minimum Gasteiger partial charge on any atom is -0.481 e. The molecule has 2 heterocycles. The van der Waals surface area contributed by atoms with Gasteiger partial charge in [-0.2, -0.15) is 80.3 Å². The van der Waals surface area contributed by atoms with Gasteiger partial charge in [0.25, 0.3) is 11.8 Å². The maximum absolute atomic E-state index is 14.1. The van der Waals surface area contributed by atoms with Crippen molar-refractivity contribution >= 4 is 100 Å². The van der Waals surface area contributed by atoms with Crippen molar-refractivity contribution in [1.82, 2.24) is 25.1 Å². The Bertz CT molecular complexity index is 2300. The standard InChI is InChI=1S/C22H26F4N4O2S.C12H18FN3O.C10H10F3NO2S.4H2S/c1-30(2)14(7-13-3-4-15(20(27)32)17(23)8-13)10-29-19(31)9-16(18-11-28-12-33-18)21(5-6-21)22(24,25)26;1-16(2)9(7-14)5-8-3-4-10(12(15)17)11(13)6-8;11-10(12,13)9(1-2-9)6(3-8(15)16)7-4-14-5-17-7;;;;/h3-4,8,11-12,14,16H,5-7,9-10H2,1-2H3,(H2,27,32)(H,29,31);3-4,6,9H,5,7,14H2,1-2H3,(H2,15,17);4-6H,1-3H2,(H,15,16);4*1H2/t14-,16+;9-;6-;;;;/m001..../s1. The molecule has 2 fully saturated rings. The Morgan fingerprint density at radius 1 is 0.690 bits per heavy atom. The number of carboxylic acids is 1. The molecule has 2 saturated carbocycles. The van der Waals surface area contributed by atoms with Crippen LogP contribution in [0.5, 0.6) is 0 Å². The van der Waals surface area contributed by atoms with Crippen molar-refractivity contribution in [3.8, 4) is 0 Å². The fourth-order valence-corrected chi connectivity index (χ4v) is 9.43. The molecule has 0 radical (unpaired) electrons. The van der Waals surface area contributed by atoms with E-state index in [0.717, 1.165) is 28.2 Å². The van der Waals surface area contributed by atoms with Gasteiger partial charge in [0, 0.05) is 65.6 Å². The lowest BCUT2D eigenvalue weighted by Gasteiger charge is -2.29. The molecule has 0 saturated heterocycles. The number of nitrogens with one attached hydrogen (secondary N) is 1. The van der Waals surface area contributed by atoms with Crippen LogP contribution in [0.2, 0.25) is 0 Å². The molecule has 2 aliphatic carbocycles. The second kappa shape index (κ2) is 28.7. The summed E-state index contributed by atoms with van der Waals surface area (Å²) in [5, 5.41) is 11.5. The van der Waals surface area contributed by atoms with Gasteiger partial charge in [0.05, 0.1) is 39.4 Å². The number of amides is 3. The summed E-state index contributed by atoms with van der Waals surface area (Å²) in [4.78, 5) is 57.8. The third-order valence-corrected chi connectivity index (χ3v) is 14.0. The lowest BCUT2D eigenvalue weighted by Crippen LogP contribution is -2.42. The zero-order chi connectivity index (χ0) is 50.1. The molecule has 400 valence electrons. The quantitative estimate of drug-likeness (QED) is 0.0590. The van der Waals surface area contributed by atoms with Gasteiger partial charge in [-0.15, -0.1) is 22.7 Å². The molecular formula is C44H62F8N8O5S6. The number of primary amides is 2. The Hall–Kier alpha value is -3.70. The van der Waals surface area contributed by atoms with Gasteiger partial charge in [-0.25, -0.2) is 8.78 Å². The number of alkyl halides is 6. The molecule has 6 rings (SSSR count). The highest BCUT2D eigenvalue weighted by atomic mass is 32.1. The summed E-state index contributed by atoms with van der Waals surface area (Å²) in [6, 6.07) is 8.48. The van der Waals surface area contributed by atoms with E-state index < -0.39 is 76.8 Å². The van der Waals surface area contributed by atoms with Crippen molar-refractivity contribution in [3.63, 3.8) is 0 Å². The minimum absolute atomic E-state index is 0. The lowest BCUT2D eigenvalue weighted by molar-refractivity contribution is -0.195. The number of nitrogens with two attached hydrogens (primary N) is 3. The molecule has 0 unspecified atom stereocenters. The van der Waals surface area contributed by atoms with E-state index in [4.69, 9.17) is 22.3 Å². The number of thiazole rings is 2. The monoisotopic (exact) mass is 1130 g/mol. The van der Waals surface area contributed by atoms with E-state index in [-0.39, 0.29) is 116 Å². The summed E-state index contributed by atoms with van der Waals surface area (Å²) < 4.78 is 108. The van der Waals surface area contributed by atoms with Crippen molar-refractivity contribution < 1.29 is 59.4 Å². The number of carboxylic acid groups (broad SMARTS) is 1. The zero-order valence-corrected chi connectivity index (χ0v) is 44.7. The van der Waals surface area contributed by atoms with Crippen LogP contribution in [0.4, 0.5) is 35.1 Å². The molecule has 2 aromatic carbocycles. The molecule has 13 nitrogen and oxygen atoms in total. The van der Waals surface area contributed by atoms with Crippen LogP contribution in [0.25, 0.3) is 0 Å². The van der Waals surface area contributed by atoms with Crippen LogP contribution in [0.15, 0.2) is 59.8 Å². The number of carbonyl (C=O) groups excluding carboxylic acids is 3. The topological polar surface area (TPSA) is 211 Å². The Kier molecular flexibility index (Phi) is 27.2. The van der Waals surface area contributed by atoms with Gasteiger partial charge < -0.3 is 37.4 Å². The third-order valence-electron chi connectivity index (χ3n) is 12.2. The number of rotatable bonds is 19. The predicted molar refractivity (Wildman–Crippen MR) is 278 cm³/mol. The average molecular weight is 1130 g/mol. The molecule has 3 amide bonds. The van der Waals surface area contributed by atoms with Gasteiger partial charge in [0.15, 0.2) is 0 Å². The van der Waals surface area contributed by atoms with Crippen LogP contribution in [-0.4, -0.2) is 114 Å². The maximum atomic E-state index is 14.1. The molecule has 71 heavy (non-hydrogen) atoms. The molecule has 2 aromatic heterocycles. The molecule has 0 bridgehead atoms. The molecular weight excluding hydrogens is 1060 g/mol. The summed E-state index contributed by atoms with van der Waals surface area (Å²) in [7, 11) is 7.42. The van der Waals surface area contributed by atoms with Crippen molar-refractivity contribution in [2.24, 2.45) is 28.0 Å². The zero-order valence-electron chi connectivity index (χ0n) is 39.1. The van der Waals surface area contributed by atoms with E-state index in [9.17, 15) is 54.3 Å². The highest BCUT2D eigenvalue weighted by Gasteiger charge is 2.68. The number of aliphatic carboxylic acids is 1. The highest BCUT2D eigenvalue weighted by molar-refractivity contribution is 7.59. The second-order valence-electron chi connectivity index (χ2n) is 17.1. The van der Waals surface area contributed by atoms with Gasteiger partial charge in [-0.05, 0) is 102 Å². The first-order chi connectivity index (χ1) is 31.3. The first-order valence-electron chi connectivity index (χ1n) is 20.8. The van der Waals surface area contributed by atoms with Crippen LogP contribution in [0, 0.1) is 22.5 Å². The van der Waals surface area contributed by atoms with Gasteiger partial charge >= 0.3 is 18.3 Å². The largest absolute Gasteiger partial charge is 0.481 e. The number of aromatic nitrogens is 2. The number of carbonyl (C=O) groups is 4. The van der Waals surface area contributed by atoms with Crippen molar-refractivity contribution in [2.45, 2.75) is 87.6 Å². The first-order valence-corrected chi connectivity index (χ1v) is 22.6. The molecule has 0 spiro atoms. The van der Waals surface area contributed by atoms with E-state index >= 15 is 0 Å². The van der Waals surface area contributed by atoms with Crippen molar-refractivity contribution in [3.05, 3.63) is 103 Å². The number of benzene rings is 2. The van der Waals surface area contributed by atoms with Crippen LogP contribution >= 0.6 is 76.7 Å². The summed E-state index contributed by atoms with van der Waals surface area (Å²) >= 11 is 2.21. The molecule has 2 aliphatic rings. The summed E-state index contributed by atoms with van der Waals surface area (Å²) in [6.07, 6.45) is -5.78. The number of hydrogen-bond donors (Lipinski definition) is 5. The first kappa shape index (κ1) is 67.3. The average Bonchev–Trinajstić information content (AvgIpc) is 4.10. The molecule has 4 atom stereocenters. The Morgan fingerprint density at radius 3 is 1.35 bits per heavy atom. The van der Waals surface area contributed by atoms with Crippen LogP contribution in [0.3, 0.4) is 0 Å². The summed E-state index contributed by atoms with van der Waals surface area (Å²) in [6.45, 7) is 0.658. The lowest BCUT2D eigenvalue weighted by atomic mass is 9.84. The van der Waals surface area contributed by atoms with Crippen molar-refractivity contribution in [1.29, 1.82) is 0 Å². The van der Waals surface area contributed by atoms with Crippen LogP contribution in [0.1, 0.15) is 92.0 Å². The van der Waals surface area contributed by atoms with Crippen molar-refractivity contribution in [2.75, 3.05) is 41.3 Å². The SMILES string of the molecule is CN(C)[C@H](CN)Cc1ccc(C(N)=O)c(F)c1.CN(C)[C@H](CNC(=O)C[C@H](c1cncs1)C1(C(F)(F)F)CC1)Cc1ccc(C(N)=O)c(F)c1.O=C(O)C[C@H](c1cncs1)C1(C(F)(F)F)CC1.S.S.S.S. The molecule has 27 heteroatoms. The van der Waals surface area contributed by atoms with E-state index in [1.165, 1.54) is 47.7 Å².